The first kappa shape index (κ1) is 30.9. The Balaban J connectivity index is 2.11. The van der Waals surface area contributed by atoms with Crippen LogP contribution in [0, 0.1) is 5.82 Å². The molecule has 1 aliphatic heterocycles. The molecular weight excluding hydrogens is 599 g/mol. The number of hydrogen-bond acceptors (Lipinski definition) is 6. The molecule has 39 heavy (non-hydrogen) atoms. The first-order valence-corrected chi connectivity index (χ1v) is 13.9. The minimum Gasteiger partial charge on any atom is -0.369 e. The van der Waals surface area contributed by atoms with Crippen LogP contribution in [0.1, 0.15) is 24.0 Å². The number of aryl methyl sites for hydroxylation is 1. The molecule has 0 saturated carbocycles. The second kappa shape index (κ2) is 11.1. The zero-order chi connectivity index (χ0) is 29.4. The van der Waals surface area contributed by atoms with E-state index in [4.69, 9.17) is 12.2 Å². The molecule has 1 atom stereocenters. The number of rotatable bonds is 5. The van der Waals surface area contributed by atoms with E-state index in [0.29, 0.717) is 22.5 Å². The first-order valence-electron chi connectivity index (χ1n) is 10.9. The summed E-state index contributed by atoms with van der Waals surface area (Å²) in [5, 5.41) is 9.79. The van der Waals surface area contributed by atoms with Crippen LogP contribution in [0.2, 0.25) is 0 Å². The number of aliphatic hydroxyl groups is 1. The fourth-order valence-corrected chi connectivity index (χ4v) is 5.94. The molecule has 0 fully saturated rings. The van der Waals surface area contributed by atoms with Gasteiger partial charge in [0.05, 0.1) is 16.6 Å². The topological polar surface area (TPSA) is 98.7 Å². The first-order chi connectivity index (χ1) is 17.9. The number of benzene rings is 2. The molecule has 1 aliphatic rings. The number of carbonyl (C=O) groups excluding carboxylic acids is 1. The number of hydrazine groups is 1. The number of hydrogen-bond donors (Lipinski definition) is 3. The van der Waals surface area contributed by atoms with Gasteiger partial charge >= 0.3 is 12.4 Å². The van der Waals surface area contributed by atoms with Crippen LogP contribution in [0.5, 0.6) is 0 Å². The van der Waals surface area contributed by atoms with Gasteiger partial charge in [-0.2, -0.15) is 26.3 Å². The maximum Gasteiger partial charge on any atom is 0.430 e. The number of carbonyl (C=O) groups is 1. The lowest BCUT2D eigenvalue weighted by atomic mass is 9.87. The van der Waals surface area contributed by atoms with Crippen LogP contribution in [0.15, 0.2) is 47.4 Å². The van der Waals surface area contributed by atoms with E-state index in [1.165, 1.54) is 0 Å². The van der Waals surface area contributed by atoms with Crippen LogP contribution in [-0.2, 0) is 26.8 Å². The SMILES string of the molecule is CSC(=S)NNC(=O)CC1CCc2cc(C(O)(C(F)(F)F)C(F)(F)F)ccc2N1S(=O)(=O)c1ccc(F)cc1. The van der Waals surface area contributed by atoms with Crippen molar-refractivity contribution < 1.29 is 49.1 Å². The number of anilines is 1. The largest absolute Gasteiger partial charge is 0.430 e. The second-order valence-corrected chi connectivity index (χ2v) is 11.7. The van der Waals surface area contributed by atoms with Crippen molar-refractivity contribution in [3.05, 3.63) is 59.4 Å². The number of nitrogens with zero attached hydrogens (tertiary/aromatic N) is 1. The Morgan fingerprint density at radius 2 is 1.67 bits per heavy atom. The van der Waals surface area contributed by atoms with Crippen LogP contribution in [0.4, 0.5) is 36.4 Å². The highest BCUT2D eigenvalue weighted by atomic mass is 32.2. The maximum absolute atomic E-state index is 13.6. The zero-order valence-corrected chi connectivity index (χ0v) is 22.2. The van der Waals surface area contributed by atoms with Crippen molar-refractivity contribution in [2.24, 2.45) is 0 Å². The lowest BCUT2D eigenvalue weighted by molar-refractivity contribution is -0.376. The Morgan fingerprint density at radius 1 is 1.08 bits per heavy atom. The van der Waals surface area contributed by atoms with Crippen molar-refractivity contribution in [2.75, 3.05) is 10.6 Å². The number of alkyl halides is 6. The van der Waals surface area contributed by atoms with Crippen LogP contribution in [0.25, 0.3) is 0 Å². The molecule has 0 bridgehead atoms. The van der Waals surface area contributed by atoms with Crippen molar-refractivity contribution in [3.63, 3.8) is 0 Å². The van der Waals surface area contributed by atoms with Crippen molar-refractivity contribution in [1.82, 2.24) is 10.9 Å². The number of thioether (sulfide) groups is 1. The molecule has 2 aromatic rings. The molecule has 0 spiro atoms. The highest BCUT2D eigenvalue weighted by Gasteiger charge is 2.71. The molecule has 1 unspecified atom stereocenters. The molecule has 0 aromatic heterocycles. The average molecular weight is 620 g/mol. The van der Waals surface area contributed by atoms with Gasteiger partial charge in [0.15, 0.2) is 4.32 Å². The fraction of sp³-hybridized carbons (Fsp3) is 0.364. The number of amides is 1. The Labute approximate surface area is 227 Å². The van der Waals surface area contributed by atoms with Crippen LogP contribution in [-0.4, -0.2) is 48.4 Å². The predicted octanol–water partition coefficient (Wildman–Crippen LogP) is 4.31. The van der Waals surface area contributed by atoms with Crippen molar-refractivity contribution in [3.8, 4) is 0 Å². The number of thiocarbonyl (C=S) groups is 1. The maximum atomic E-state index is 13.6. The van der Waals surface area contributed by atoms with E-state index in [-0.39, 0.29) is 28.4 Å². The molecule has 0 saturated heterocycles. The third-order valence-corrected chi connectivity index (χ3v) is 8.87. The fourth-order valence-electron chi connectivity index (χ4n) is 4.02. The molecule has 3 rings (SSSR count). The summed E-state index contributed by atoms with van der Waals surface area (Å²) in [5.41, 5.74) is -2.60. The van der Waals surface area contributed by atoms with Gasteiger partial charge in [-0.3, -0.25) is 20.0 Å². The third-order valence-electron chi connectivity index (χ3n) is 5.91. The predicted molar refractivity (Wildman–Crippen MR) is 133 cm³/mol. The quantitative estimate of drug-likeness (QED) is 0.261. The number of fused-ring (bicyclic) bond motifs is 1. The van der Waals surface area contributed by atoms with E-state index >= 15 is 0 Å². The summed E-state index contributed by atoms with van der Waals surface area (Å²) in [4.78, 5) is 12.1. The Morgan fingerprint density at radius 3 is 2.21 bits per heavy atom. The number of halogens is 7. The average Bonchev–Trinajstić information content (AvgIpc) is 2.85. The Hall–Kier alpha value is -2.63. The van der Waals surface area contributed by atoms with Gasteiger partial charge < -0.3 is 5.11 Å². The van der Waals surface area contributed by atoms with Gasteiger partial charge in [0, 0.05) is 12.0 Å². The van der Waals surface area contributed by atoms with Gasteiger partial charge in [0.2, 0.25) is 5.91 Å². The number of sulfonamides is 1. The summed E-state index contributed by atoms with van der Waals surface area (Å²) in [6.45, 7) is 0. The van der Waals surface area contributed by atoms with Gasteiger partial charge in [0.25, 0.3) is 15.6 Å². The van der Waals surface area contributed by atoms with Crippen LogP contribution < -0.4 is 15.2 Å². The zero-order valence-electron chi connectivity index (χ0n) is 19.7. The van der Waals surface area contributed by atoms with Crippen LogP contribution >= 0.6 is 24.0 Å². The van der Waals surface area contributed by atoms with E-state index < -0.39 is 62.6 Å². The lowest BCUT2D eigenvalue weighted by Gasteiger charge is -2.39. The van der Waals surface area contributed by atoms with Gasteiger partial charge in [-0.15, -0.1) is 0 Å². The lowest BCUT2D eigenvalue weighted by Crippen LogP contribution is -2.54. The van der Waals surface area contributed by atoms with E-state index in [1.807, 2.05) is 0 Å². The van der Waals surface area contributed by atoms with E-state index in [0.717, 1.165) is 36.0 Å². The van der Waals surface area contributed by atoms with Gasteiger partial charge in [0.1, 0.15) is 5.82 Å². The Bertz CT molecular complexity index is 1340. The summed E-state index contributed by atoms with van der Waals surface area (Å²) < 4.78 is 122. The van der Waals surface area contributed by atoms with Crippen molar-refractivity contribution in [1.29, 1.82) is 0 Å². The molecule has 7 nitrogen and oxygen atoms in total. The minimum atomic E-state index is -6.14. The second-order valence-electron chi connectivity index (χ2n) is 8.37. The van der Waals surface area contributed by atoms with Crippen molar-refractivity contribution >= 4 is 49.9 Å². The van der Waals surface area contributed by atoms with Gasteiger partial charge in [-0.25, -0.2) is 12.8 Å². The normalized spacial score (nSPS) is 16.4. The summed E-state index contributed by atoms with van der Waals surface area (Å²) in [7, 11) is -4.60. The van der Waals surface area contributed by atoms with Crippen LogP contribution in [0.3, 0.4) is 0 Å². The molecule has 1 heterocycles. The van der Waals surface area contributed by atoms with E-state index in [9.17, 15) is 49.1 Å². The molecular formula is C22H20F7N3O4S3. The molecule has 214 valence electrons. The van der Waals surface area contributed by atoms with E-state index in [1.54, 1.807) is 6.26 Å². The summed E-state index contributed by atoms with van der Waals surface area (Å²) in [6.07, 6.45) is -11.5. The highest BCUT2D eigenvalue weighted by Crippen LogP contribution is 2.51. The van der Waals surface area contributed by atoms with E-state index in [2.05, 4.69) is 10.9 Å². The third kappa shape index (κ3) is 6.10. The molecule has 3 N–H and O–H groups in total. The summed E-state index contributed by atoms with van der Waals surface area (Å²) in [6, 6.07) is 3.90. The molecule has 2 aromatic carbocycles. The van der Waals surface area contributed by atoms with Crippen molar-refractivity contribution in [2.45, 2.75) is 48.2 Å². The summed E-state index contributed by atoms with van der Waals surface area (Å²) in [5.74, 6) is -1.47. The molecule has 0 aliphatic carbocycles. The van der Waals surface area contributed by atoms with Gasteiger partial charge in [-0.05, 0) is 55.0 Å². The summed E-state index contributed by atoms with van der Waals surface area (Å²) >= 11 is 6.00. The number of nitrogens with one attached hydrogen (secondary N) is 2. The molecule has 1 amide bonds. The molecule has 0 radical (unpaired) electrons. The monoisotopic (exact) mass is 619 g/mol. The Kier molecular flexibility index (Phi) is 8.79. The minimum absolute atomic E-state index is 0.187. The molecule has 17 heteroatoms. The highest BCUT2D eigenvalue weighted by molar-refractivity contribution is 8.22. The smallest absolute Gasteiger partial charge is 0.369 e. The standard InChI is InChI=1S/C22H20F7N3O4S3/c1-38-19(37)31-30-18(33)11-15-6-2-12-10-13(20(34,21(24,25)26)22(27,28)29)3-9-17(12)32(15)39(35,36)16-7-4-14(23)5-8-16/h3-5,7-10,15,34H,2,6,11H2,1H3,(H,30,33)(H,31,37). The van der Waals surface area contributed by atoms with Gasteiger partial charge in [-0.1, -0.05) is 36.1 Å².